The van der Waals surface area contributed by atoms with Crippen molar-refractivity contribution in [3.8, 4) is 5.75 Å². The van der Waals surface area contributed by atoms with E-state index in [4.69, 9.17) is 4.74 Å². The molecule has 0 fully saturated rings. The van der Waals surface area contributed by atoms with Crippen LogP contribution in [0.2, 0.25) is 0 Å². The van der Waals surface area contributed by atoms with Crippen molar-refractivity contribution >= 4 is 0 Å². The molecule has 1 unspecified atom stereocenters. The van der Waals surface area contributed by atoms with Crippen LogP contribution in [0.1, 0.15) is 43.9 Å². The van der Waals surface area contributed by atoms with Crippen molar-refractivity contribution in [3.05, 3.63) is 54.1 Å². The summed E-state index contributed by atoms with van der Waals surface area (Å²) < 4.78 is 5.70. The normalized spacial score (nSPS) is 12.1. The highest BCUT2D eigenvalue weighted by atomic mass is 16.5. The Kier molecular flexibility index (Phi) is 6.16. The Labute approximate surface area is 126 Å². The number of unbranched alkanes of at least 4 members (excludes halogenated alkanes) is 1. The van der Waals surface area contributed by atoms with E-state index in [1.165, 1.54) is 5.56 Å². The molecular formula is C17H23N3O. The van der Waals surface area contributed by atoms with Gasteiger partial charge in [-0.3, -0.25) is 0 Å². The Hall–Kier alpha value is -1.94. The largest absolute Gasteiger partial charge is 0.494 e. The zero-order valence-corrected chi connectivity index (χ0v) is 12.7. The summed E-state index contributed by atoms with van der Waals surface area (Å²) in [5.41, 5.74) is 2.26. The number of hydrogen-bond acceptors (Lipinski definition) is 4. The van der Waals surface area contributed by atoms with Gasteiger partial charge in [-0.15, -0.1) is 0 Å². The van der Waals surface area contributed by atoms with Crippen molar-refractivity contribution in [1.82, 2.24) is 15.3 Å². The summed E-state index contributed by atoms with van der Waals surface area (Å²) in [6.07, 6.45) is 7.49. The van der Waals surface area contributed by atoms with E-state index in [0.29, 0.717) is 0 Å². The first-order valence-corrected chi connectivity index (χ1v) is 7.56. The average Bonchev–Trinajstić information content (AvgIpc) is 2.54. The van der Waals surface area contributed by atoms with Gasteiger partial charge in [-0.25, -0.2) is 9.97 Å². The number of ether oxygens (including phenoxy) is 1. The number of nitrogens with one attached hydrogen (secondary N) is 1. The molecule has 21 heavy (non-hydrogen) atoms. The highest BCUT2D eigenvalue weighted by Gasteiger charge is 2.13. The van der Waals surface area contributed by atoms with Crippen molar-refractivity contribution in [1.29, 1.82) is 0 Å². The van der Waals surface area contributed by atoms with Crippen LogP contribution < -0.4 is 10.1 Å². The van der Waals surface area contributed by atoms with Crippen LogP contribution in [0.4, 0.5) is 0 Å². The first kappa shape index (κ1) is 15.4. The van der Waals surface area contributed by atoms with Crippen LogP contribution in [-0.4, -0.2) is 23.1 Å². The summed E-state index contributed by atoms with van der Waals surface area (Å²) in [6.45, 7) is 5.92. The summed E-state index contributed by atoms with van der Waals surface area (Å²) in [6, 6.07) is 8.36. The minimum Gasteiger partial charge on any atom is -0.494 e. The summed E-state index contributed by atoms with van der Waals surface area (Å²) in [5, 5.41) is 3.47. The molecule has 0 saturated carbocycles. The molecule has 0 saturated heterocycles. The van der Waals surface area contributed by atoms with Gasteiger partial charge in [-0.2, -0.15) is 0 Å². The van der Waals surface area contributed by atoms with Gasteiger partial charge in [-0.05, 0) is 30.7 Å². The lowest BCUT2D eigenvalue weighted by molar-refractivity contribution is 0.309. The molecule has 1 heterocycles. The third-order valence-electron chi connectivity index (χ3n) is 3.30. The van der Waals surface area contributed by atoms with Gasteiger partial charge in [0.25, 0.3) is 0 Å². The maximum absolute atomic E-state index is 5.70. The van der Waals surface area contributed by atoms with E-state index in [1.54, 1.807) is 6.33 Å². The minimum absolute atomic E-state index is 0.112. The molecule has 1 aromatic carbocycles. The standard InChI is InChI=1S/C17H23N3O/c1-3-5-10-21-16-8-6-14(7-9-16)17(20-4-2)15-11-18-13-19-12-15/h6-9,11-13,17,20H,3-5,10H2,1-2H3. The number of hydrogen-bond donors (Lipinski definition) is 1. The third-order valence-corrected chi connectivity index (χ3v) is 3.30. The number of rotatable bonds is 8. The molecule has 112 valence electrons. The van der Waals surface area contributed by atoms with Crippen molar-refractivity contribution < 1.29 is 4.74 Å². The molecule has 0 radical (unpaired) electrons. The molecule has 4 heteroatoms. The molecule has 1 atom stereocenters. The number of aromatic nitrogens is 2. The average molecular weight is 285 g/mol. The van der Waals surface area contributed by atoms with Crippen LogP contribution in [0.5, 0.6) is 5.75 Å². The highest BCUT2D eigenvalue weighted by molar-refractivity contribution is 5.33. The van der Waals surface area contributed by atoms with Crippen LogP contribution in [-0.2, 0) is 0 Å². The smallest absolute Gasteiger partial charge is 0.119 e. The van der Waals surface area contributed by atoms with Crippen LogP contribution in [0.15, 0.2) is 43.0 Å². The predicted octanol–water partition coefficient (Wildman–Crippen LogP) is 3.35. The van der Waals surface area contributed by atoms with Gasteiger partial charge < -0.3 is 10.1 Å². The number of nitrogens with zero attached hydrogens (tertiary/aromatic N) is 2. The zero-order chi connectivity index (χ0) is 14.9. The van der Waals surface area contributed by atoms with Gasteiger partial charge >= 0.3 is 0 Å². The van der Waals surface area contributed by atoms with Gasteiger partial charge in [0.15, 0.2) is 0 Å². The molecule has 0 aliphatic heterocycles. The molecule has 0 aliphatic rings. The third kappa shape index (κ3) is 4.53. The monoisotopic (exact) mass is 285 g/mol. The Bertz CT molecular complexity index is 513. The zero-order valence-electron chi connectivity index (χ0n) is 12.7. The Morgan fingerprint density at radius 3 is 2.38 bits per heavy atom. The molecular weight excluding hydrogens is 262 g/mol. The molecule has 4 nitrogen and oxygen atoms in total. The van der Waals surface area contributed by atoms with Crippen LogP contribution in [0.3, 0.4) is 0 Å². The fraction of sp³-hybridized carbons (Fsp3) is 0.412. The lowest BCUT2D eigenvalue weighted by atomic mass is 10.0. The van der Waals surface area contributed by atoms with Crippen molar-refractivity contribution in [2.24, 2.45) is 0 Å². The Balaban J connectivity index is 2.10. The van der Waals surface area contributed by atoms with E-state index in [0.717, 1.165) is 37.3 Å². The van der Waals surface area contributed by atoms with E-state index < -0.39 is 0 Å². The summed E-state index contributed by atoms with van der Waals surface area (Å²) in [7, 11) is 0. The summed E-state index contributed by atoms with van der Waals surface area (Å²) in [5.74, 6) is 0.923. The fourth-order valence-corrected chi connectivity index (χ4v) is 2.18. The molecule has 0 amide bonds. The predicted molar refractivity (Wildman–Crippen MR) is 84.4 cm³/mol. The molecule has 2 aromatic rings. The lowest BCUT2D eigenvalue weighted by Crippen LogP contribution is -2.22. The number of benzene rings is 1. The lowest BCUT2D eigenvalue weighted by Gasteiger charge is -2.18. The first-order chi connectivity index (χ1) is 10.3. The Morgan fingerprint density at radius 1 is 1.05 bits per heavy atom. The molecule has 0 bridgehead atoms. The highest BCUT2D eigenvalue weighted by Crippen LogP contribution is 2.23. The van der Waals surface area contributed by atoms with Crippen molar-refractivity contribution in [3.63, 3.8) is 0 Å². The molecule has 0 spiro atoms. The van der Waals surface area contributed by atoms with Gasteiger partial charge in [0.05, 0.1) is 12.6 Å². The van der Waals surface area contributed by atoms with Crippen molar-refractivity contribution in [2.45, 2.75) is 32.7 Å². The maximum Gasteiger partial charge on any atom is 0.119 e. The fourth-order valence-electron chi connectivity index (χ4n) is 2.18. The van der Waals surface area contributed by atoms with E-state index >= 15 is 0 Å². The van der Waals surface area contributed by atoms with E-state index in [9.17, 15) is 0 Å². The second-order valence-electron chi connectivity index (χ2n) is 4.93. The van der Waals surface area contributed by atoms with Crippen LogP contribution >= 0.6 is 0 Å². The van der Waals surface area contributed by atoms with Gasteiger partial charge in [0.1, 0.15) is 12.1 Å². The molecule has 2 rings (SSSR count). The SMILES string of the molecule is CCCCOc1ccc(C(NCC)c2cncnc2)cc1. The van der Waals surface area contributed by atoms with Crippen molar-refractivity contribution in [2.75, 3.05) is 13.2 Å². The summed E-state index contributed by atoms with van der Waals surface area (Å²) in [4.78, 5) is 8.21. The molecule has 1 aromatic heterocycles. The van der Waals surface area contributed by atoms with Crippen LogP contribution in [0.25, 0.3) is 0 Å². The van der Waals surface area contributed by atoms with Gasteiger partial charge in [0, 0.05) is 18.0 Å². The second-order valence-corrected chi connectivity index (χ2v) is 4.93. The topological polar surface area (TPSA) is 47.0 Å². The van der Waals surface area contributed by atoms with Gasteiger partial charge in [-0.1, -0.05) is 32.4 Å². The first-order valence-electron chi connectivity index (χ1n) is 7.56. The minimum atomic E-state index is 0.112. The van der Waals surface area contributed by atoms with E-state index in [1.807, 2.05) is 24.5 Å². The van der Waals surface area contributed by atoms with E-state index in [2.05, 4.69) is 41.3 Å². The molecule has 0 aliphatic carbocycles. The molecule has 1 N–H and O–H groups in total. The second kappa shape index (κ2) is 8.37. The summed E-state index contributed by atoms with van der Waals surface area (Å²) >= 11 is 0. The van der Waals surface area contributed by atoms with Crippen LogP contribution in [0, 0.1) is 0 Å². The van der Waals surface area contributed by atoms with Gasteiger partial charge in [0.2, 0.25) is 0 Å². The Morgan fingerprint density at radius 2 is 1.76 bits per heavy atom. The van der Waals surface area contributed by atoms with E-state index in [-0.39, 0.29) is 6.04 Å². The maximum atomic E-state index is 5.70. The quantitative estimate of drug-likeness (QED) is 0.756.